The molecular formula is C11H22O2. The Bertz CT molecular complexity index is 150. The van der Waals surface area contributed by atoms with Crippen molar-refractivity contribution in [3.8, 4) is 0 Å². The molecule has 0 N–H and O–H groups in total. The lowest BCUT2D eigenvalue weighted by Gasteiger charge is -2.21. The highest BCUT2D eigenvalue weighted by atomic mass is 16.5. The van der Waals surface area contributed by atoms with Crippen molar-refractivity contribution < 1.29 is 9.53 Å². The van der Waals surface area contributed by atoms with E-state index in [0.717, 1.165) is 12.8 Å². The Morgan fingerprint density at radius 1 is 1.31 bits per heavy atom. The van der Waals surface area contributed by atoms with E-state index in [2.05, 4.69) is 20.8 Å². The number of esters is 1. The van der Waals surface area contributed by atoms with E-state index < -0.39 is 0 Å². The maximum absolute atomic E-state index is 10.4. The molecular weight excluding hydrogens is 164 g/mol. The number of unbranched alkanes of at least 4 members (excludes halogenated alkanes) is 1. The van der Waals surface area contributed by atoms with Crippen LogP contribution in [0.1, 0.15) is 53.4 Å². The van der Waals surface area contributed by atoms with Gasteiger partial charge >= 0.3 is 5.97 Å². The first-order chi connectivity index (χ1) is 5.98. The topological polar surface area (TPSA) is 26.3 Å². The molecule has 13 heavy (non-hydrogen) atoms. The number of hydrogen-bond donors (Lipinski definition) is 0. The van der Waals surface area contributed by atoms with Gasteiger partial charge in [0.1, 0.15) is 0 Å². The zero-order valence-electron chi connectivity index (χ0n) is 9.35. The zero-order valence-corrected chi connectivity index (χ0v) is 9.35. The van der Waals surface area contributed by atoms with Gasteiger partial charge in [0.25, 0.3) is 0 Å². The SMILES string of the molecule is CCC(C)(C)CCCCOC(C)=O. The van der Waals surface area contributed by atoms with Gasteiger partial charge in [-0.3, -0.25) is 4.79 Å². The number of carbonyl (C=O) groups excluding carboxylic acids is 1. The minimum atomic E-state index is -0.172. The molecule has 0 saturated heterocycles. The quantitative estimate of drug-likeness (QED) is 0.470. The number of rotatable bonds is 6. The molecule has 0 spiro atoms. The minimum absolute atomic E-state index is 0.172. The van der Waals surface area contributed by atoms with Crippen LogP contribution in [-0.4, -0.2) is 12.6 Å². The van der Waals surface area contributed by atoms with Crippen LogP contribution in [0.2, 0.25) is 0 Å². The molecule has 0 fully saturated rings. The average molecular weight is 186 g/mol. The van der Waals surface area contributed by atoms with E-state index in [4.69, 9.17) is 4.74 Å². The molecule has 0 aliphatic rings. The lowest BCUT2D eigenvalue weighted by molar-refractivity contribution is -0.141. The third-order valence-corrected chi connectivity index (χ3v) is 2.51. The second-order valence-corrected chi connectivity index (χ2v) is 4.31. The Morgan fingerprint density at radius 3 is 2.38 bits per heavy atom. The molecule has 0 aromatic rings. The van der Waals surface area contributed by atoms with Crippen LogP contribution in [0, 0.1) is 5.41 Å². The van der Waals surface area contributed by atoms with Crippen molar-refractivity contribution in [2.45, 2.75) is 53.4 Å². The summed E-state index contributed by atoms with van der Waals surface area (Å²) < 4.78 is 4.85. The summed E-state index contributed by atoms with van der Waals surface area (Å²) in [6, 6.07) is 0. The highest BCUT2D eigenvalue weighted by Gasteiger charge is 2.13. The molecule has 0 rings (SSSR count). The summed E-state index contributed by atoms with van der Waals surface area (Å²) in [5, 5.41) is 0. The Hall–Kier alpha value is -0.530. The molecule has 0 aliphatic carbocycles. The Balaban J connectivity index is 3.30. The van der Waals surface area contributed by atoms with Gasteiger partial charge in [0.05, 0.1) is 6.61 Å². The molecule has 0 unspecified atom stereocenters. The lowest BCUT2D eigenvalue weighted by atomic mass is 9.85. The molecule has 0 heterocycles. The molecule has 0 aromatic carbocycles. The van der Waals surface area contributed by atoms with Crippen LogP contribution in [0.5, 0.6) is 0 Å². The first-order valence-electron chi connectivity index (χ1n) is 5.11. The highest BCUT2D eigenvalue weighted by Crippen LogP contribution is 2.26. The van der Waals surface area contributed by atoms with E-state index in [9.17, 15) is 4.79 Å². The van der Waals surface area contributed by atoms with Crippen LogP contribution in [0.15, 0.2) is 0 Å². The van der Waals surface area contributed by atoms with Crippen molar-refractivity contribution in [2.75, 3.05) is 6.61 Å². The molecule has 2 nitrogen and oxygen atoms in total. The van der Waals surface area contributed by atoms with Crippen LogP contribution in [0.4, 0.5) is 0 Å². The van der Waals surface area contributed by atoms with Crippen LogP contribution < -0.4 is 0 Å². The van der Waals surface area contributed by atoms with Gasteiger partial charge in [-0.05, 0) is 24.7 Å². The van der Waals surface area contributed by atoms with Crippen molar-refractivity contribution in [3.63, 3.8) is 0 Å². The van der Waals surface area contributed by atoms with Gasteiger partial charge in [0, 0.05) is 6.92 Å². The monoisotopic (exact) mass is 186 g/mol. The average Bonchev–Trinajstić information content (AvgIpc) is 2.03. The van der Waals surface area contributed by atoms with E-state index in [-0.39, 0.29) is 5.97 Å². The third kappa shape index (κ3) is 7.82. The minimum Gasteiger partial charge on any atom is -0.466 e. The smallest absolute Gasteiger partial charge is 0.302 e. The molecule has 0 amide bonds. The number of hydrogen-bond acceptors (Lipinski definition) is 2. The van der Waals surface area contributed by atoms with Gasteiger partial charge in [0.2, 0.25) is 0 Å². The molecule has 0 aromatic heterocycles. The van der Waals surface area contributed by atoms with E-state index in [1.165, 1.54) is 19.8 Å². The fourth-order valence-corrected chi connectivity index (χ4v) is 1.10. The predicted octanol–water partition coefficient (Wildman–Crippen LogP) is 3.16. The maximum atomic E-state index is 10.4. The third-order valence-electron chi connectivity index (χ3n) is 2.51. The summed E-state index contributed by atoms with van der Waals surface area (Å²) in [4.78, 5) is 10.4. The van der Waals surface area contributed by atoms with E-state index in [0.29, 0.717) is 12.0 Å². The van der Waals surface area contributed by atoms with E-state index in [1.807, 2.05) is 0 Å². The van der Waals surface area contributed by atoms with Gasteiger partial charge in [-0.2, -0.15) is 0 Å². The van der Waals surface area contributed by atoms with E-state index in [1.54, 1.807) is 0 Å². The van der Waals surface area contributed by atoms with Crippen LogP contribution in [0.3, 0.4) is 0 Å². The predicted molar refractivity (Wildman–Crippen MR) is 54.6 cm³/mol. The molecule has 0 aliphatic heterocycles. The van der Waals surface area contributed by atoms with Crippen LogP contribution >= 0.6 is 0 Å². The van der Waals surface area contributed by atoms with Crippen molar-refractivity contribution >= 4 is 5.97 Å². The molecule has 0 atom stereocenters. The van der Waals surface area contributed by atoms with Gasteiger partial charge in [-0.1, -0.05) is 27.2 Å². The molecule has 0 saturated carbocycles. The summed E-state index contributed by atoms with van der Waals surface area (Å²) in [5.74, 6) is -0.172. The summed E-state index contributed by atoms with van der Waals surface area (Å²) in [7, 11) is 0. The van der Waals surface area contributed by atoms with Gasteiger partial charge in [-0.25, -0.2) is 0 Å². The summed E-state index contributed by atoms with van der Waals surface area (Å²) in [5.41, 5.74) is 0.441. The van der Waals surface area contributed by atoms with Gasteiger partial charge < -0.3 is 4.74 Å². The van der Waals surface area contributed by atoms with Crippen LogP contribution in [-0.2, 0) is 9.53 Å². The zero-order chi connectivity index (χ0) is 10.3. The molecule has 2 heteroatoms. The Morgan fingerprint density at radius 2 is 1.92 bits per heavy atom. The highest BCUT2D eigenvalue weighted by molar-refractivity contribution is 5.65. The second kappa shape index (κ2) is 6.01. The molecule has 0 radical (unpaired) electrons. The molecule has 78 valence electrons. The fourth-order valence-electron chi connectivity index (χ4n) is 1.10. The van der Waals surface area contributed by atoms with Crippen molar-refractivity contribution in [2.24, 2.45) is 5.41 Å². The van der Waals surface area contributed by atoms with Crippen molar-refractivity contribution in [1.82, 2.24) is 0 Å². The summed E-state index contributed by atoms with van der Waals surface area (Å²) in [6.45, 7) is 8.80. The van der Waals surface area contributed by atoms with Crippen molar-refractivity contribution in [1.29, 1.82) is 0 Å². The summed E-state index contributed by atoms with van der Waals surface area (Å²) >= 11 is 0. The number of carbonyl (C=O) groups is 1. The first kappa shape index (κ1) is 12.5. The Kier molecular flexibility index (Phi) is 5.76. The fraction of sp³-hybridized carbons (Fsp3) is 0.909. The standard InChI is InChI=1S/C11H22O2/c1-5-11(3,4)8-6-7-9-13-10(2)12/h5-9H2,1-4H3. The largest absolute Gasteiger partial charge is 0.466 e. The maximum Gasteiger partial charge on any atom is 0.302 e. The second-order valence-electron chi connectivity index (χ2n) is 4.31. The van der Waals surface area contributed by atoms with Crippen LogP contribution in [0.25, 0.3) is 0 Å². The lowest BCUT2D eigenvalue weighted by Crippen LogP contribution is -2.10. The number of ether oxygens (including phenoxy) is 1. The molecule has 0 bridgehead atoms. The first-order valence-corrected chi connectivity index (χ1v) is 5.11. The normalized spacial score (nSPS) is 11.4. The van der Waals surface area contributed by atoms with Gasteiger partial charge in [0.15, 0.2) is 0 Å². The Labute approximate surface area is 81.7 Å². The van der Waals surface area contributed by atoms with E-state index >= 15 is 0 Å². The van der Waals surface area contributed by atoms with Gasteiger partial charge in [-0.15, -0.1) is 0 Å². The van der Waals surface area contributed by atoms with Crippen molar-refractivity contribution in [3.05, 3.63) is 0 Å². The summed E-state index contributed by atoms with van der Waals surface area (Å²) in [6.07, 6.45) is 4.56.